The summed E-state index contributed by atoms with van der Waals surface area (Å²) in [5, 5.41) is 10.1. The molecule has 0 fully saturated rings. The van der Waals surface area contributed by atoms with Crippen molar-refractivity contribution < 1.29 is 23.5 Å². The molecule has 1 aromatic heterocycles. The lowest BCUT2D eigenvalue weighted by Gasteiger charge is -2.31. The first-order valence-corrected chi connectivity index (χ1v) is 8.54. The predicted molar refractivity (Wildman–Crippen MR) is 94.7 cm³/mol. The Morgan fingerprint density at radius 1 is 1.29 bits per heavy atom. The van der Waals surface area contributed by atoms with E-state index in [-0.39, 0.29) is 12.4 Å². The number of carbonyl (C=O) groups is 1. The van der Waals surface area contributed by atoms with Gasteiger partial charge >= 0.3 is 0 Å². The van der Waals surface area contributed by atoms with Gasteiger partial charge in [0.1, 0.15) is 31.6 Å². The molecule has 5 nitrogen and oxygen atoms in total. The van der Waals surface area contributed by atoms with Crippen LogP contribution in [0.25, 0.3) is 0 Å². The van der Waals surface area contributed by atoms with Crippen LogP contribution in [-0.4, -0.2) is 55.3 Å². The smallest absolute Gasteiger partial charge is 0.216 e. The van der Waals surface area contributed by atoms with Crippen molar-refractivity contribution in [3.05, 3.63) is 58.5 Å². The summed E-state index contributed by atoms with van der Waals surface area (Å²) >= 11 is 3.36. The monoisotopic (exact) mass is 396 g/mol. The fraction of sp³-hybridized carbons (Fsp3) is 0.389. The van der Waals surface area contributed by atoms with Gasteiger partial charge in [0.2, 0.25) is 5.78 Å². The van der Waals surface area contributed by atoms with Crippen molar-refractivity contribution in [3.63, 3.8) is 0 Å². The third-order valence-corrected chi connectivity index (χ3v) is 4.11. The van der Waals surface area contributed by atoms with Gasteiger partial charge in [0.15, 0.2) is 0 Å². The van der Waals surface area contributed by atoms with Gasteiger partial charge in [-0.05, 0) is 24.3 Å². The maximum Gasteiger partial charge on any atom is 0.216 e. The quantitative estimate of drug-likeness (QED) is 0.522. The topological polar surface area (TPSA) is 59.7 Å². The van der Waals surface area contributed by atoms with Crippen molar-refractivity contribution in [2.75, 3.05) is 33.8 Å². The van der Waals surface area contributed by atoms with E-state index >= 15 is 0 Å². The van der Waals surface area contributed by atoms with Crippen LogP contribution in [0.15, 0.2) is 51.6 Å². The van der Waals surface area contributed by atoms with Crippen LogP contribution < -0.4 is 0 Å². The first-order chi connectivity index (χ1) is 11.4. The SMILES string of the molecule is C[N+](C)(CC(=O)c1ccc(Br)cc1)CC(O)COCc1ccco1. The average Bonchev–Trinajstić information content (AvgIpc) is 3.00. The lowest BCUT2D eigenvalue weighted by Crippen LogP contribution is -2.49. The Balaban J connectivity index is 1.78. The standard InChI is InChI=1S/C18H23BrNO4/c1-20(2,11-18(22)14-5-7-15(19)8-6-14)10-16(21)12-23-13-17-4-3-9-24-17/h3-9,16,21H,10-13H2,1-2H3/q+1. The van der Waals surface area contributed by atoms with Crippen molar-refractivity contribution in [1.82, 2.24) is 0 Å². The van der Waals surface area contributed by atoms with Gasteiger partial charge in [-0.2, -0.15) is 0 Å². The molecular formula is C18H23BrNO4+. The largest absolute Gasteiger partial charge is 0.467 e. The number of aliphatic hydroxyl groups is 1. The van der Waals surface area contributed by atoms with Gasteiger partial charge in [-0.3, -0.25) is 4.79 Å². The van der Waals surface area contributed by atoms with Crippen LogP contribution in [-0.2, 0) is 11.3 Å². The van der Waals surface area contributed by atoms with Crippen molar-refractivity contribution in [3.8, 4) is 0 Å². The summed E-state index contributed by atoms with van der Waals surface area (Å²) in [7, 11) is 3.85. The van der Waals surface area contributed by atoms with Crippen LogP contribution in [0.2, 0.25) is 0 Å². The van der Waals surface area contributed by atoms with Crippen LogP contribution in [0.3, 0.4) is 0 Å². The number of nitrogens with zero attached hydrogens (tertiary/aromatic N) is 1. The van der Waals surface area contributed by atoms with Crippen molar-refractivity contribution >= 4 is 21.7 Å². The third kappa shape index (κ3) is 6.20. The third-order valence-electron chi connectivity index (χ3n) is 3.58. The molecule has 1 heterocycles. The number of rotatable bonds is 9. The molecule has 0 saturated heterocycles. The van der Waals surface area contributed by atoms with E-state index in [0.717, 1.165) is 10.2 Å². The van der Waals surface area contributed by atoms with Crippen molar-refractivity contribution in [2.45, 2.75) is 12.7 Å². The molecule has 1 unspecified atom stereocenters. The zero-order chi connectivity index (χ0) is 17.6. The average molecular weight is 397 g/mol. The Bertz CT molecular complexity index is 638. The number of hydrogen-bond donors (Lipinski definition) is 1. The second kappa shape index (κ2) is 8.58. The summed E-state index contributed by atoms with van der Waals surface area (Å²) in [4.78, 5) is 12.4. The van der Waals surface area contributed by atoms with E-state index in [9.17, 15) is 9.90 Å². The minimum atomic E-state index is -0.646. The highest BCUT2D eigenvalue weighted by molar-refractivity contribution is 9.10. The highest BCUT2D eigenvalue weighted by Crippen LogP contribution is 2.13. The van der Waals surface area contributed by atoms with E-state index in [1.54, 1.807) is 24.5 Å². The summed E-state index contributed by atoms with van der Waals surface area (Å²) in [6, 6.07) is 10.9. The summed E-state index contributed by atoms with van der Waals surface area (Å²) in [5.41, 5.74) is 0.674. The van der Waals surface area contributed by atoms with Gasteiger partial charge in [0.05, 0.1) is 27.0 Å². The first kappa shape index (κ1) is 18.9. The molecule has 0 saturated carbocycles. The molecule has 130 valence electrons. The fourth-order valence-electron chi connectivity index (χ4n) is 2.49. The lowest BCUT2D eigenvalue weighted by atomic mass is 10.1. The van der Waals surface area contributed by atoms with Gasteiger partial charge in [-0.15, -0.1) is 0 Å². The molecule has 0 bridgehead atoms. The summed E-state index contributed by atoms with van der Waals surface area (Å²) in [6.45, 7) is 1.28. The number of ketones is 1. The summed E-state index contributed by atoms with van der Waals surface area (Å²) in [6.07, 6.45) is 0.940. The number of ether oxygens (including phenoxy) is 1. The zero-order valence-corrected chi connectivity index (χ0v) is 15.5. The molecule has 2 aromatic rings. The molecule has 2 rings (SSSR count). The number of aliphatic hydroxyl groups excluding tert-OH is 1. The highest BCUT2D eigenvalue weighted by Gasteiger charge is 2.25. The molecule has 0 amide bonds. The maximum absolute atomic E-state index is 12.4. The molecule has 0 aliphatic rings. The minimum Gasteiger partial charge on any atom is -0.467 e. The number of quaternary nitrogens is 1. The Hall–Kier alpha value is -1.47. The van der Waals surface area contributed by atoms with E-state index in [1.165, 1.54) is 0 Å². The number of carbonyl (C=O) groups excluding carboxylic acids is 1. The van der Waals surface area contributed by atoms with Gasteiger partial charge in [-0.1, -0.05) is 28.1 Å². The van der Waals surface area contributed by atoms with Gasteiger partial charge < -0.3 is 18.7 Å². The molecule has 1 atom stereocenters. The minimum absolute atomic E-state index is 0.0520. The zero-order valence-electron chi connectivity index (χ0n) is 13.9. The Morgan fingerprint density at radius 2 is 2.00 bits per heavy atom. The van der Waals surface area contributed by atoms with Gasteiger partial charge in [0.25, 0.3) is 0 Å². The van der Waals surface area contributed by atoms with Crippen LogP contribution in [0.1, 0.15) is 16.1 Å². The fourth-order valence-corrected chi connectivity index (χ4v) is 2.76. The number of likely N-dealkylation sites (N-methyl/N-ethyl adjacent to an activating group) is 1. The number of Topliss-reactive ketones (excluding diaryl/α,β-unsaturated/α-hetero) is 1. The first-order valence-electron chi connectivity index (χ1n) is 7.75. The Morgan fingerprint density at radius 3 is 2.62 bits per heavy atom. The Kier molecular flexibility index (Phi) is 6.74. The van der Waals surface area contributed by atoms with Crippen LogP contribution in [0.4, 0.5) is 0 Å². The second-order valence-corrected chi connectivity index (χ2v) is 7.37. The lowest BCUT2D eigenvalue weighted by molar-refractivity contribution is -0.885. The van der Waals surface area contributed by atoms with Gasteiger partial charge in [-0.25, -0.2) is 0 Å². The van der Waals surface area contributed by atoms with E-state index in [2.05, 4.69) is 15.9 Å². The summed E-state index contributed by atoms with van der Waals surface area (Å²) in [5.74, 6) is 0.776. The molecular weight excluding hydrogens is 374 g/mol. The van der Waals surface area contributed by atoms with Crippen molar-refractivity contribution in [2.24, 2.45) is 0 Å². The summed E-state index contributed by atoms with van der Waals surface area (Å²) < 4.78 is 11.9. The van der Waals surface area contributed by atoms with E-state index in [1.807, 2.05) is 32.3 Å². The molecule has 0 aliphatic heterocycles. The van der Waals surface area contributed by atoms with E-state index in [0.29, 0.717) is 29.7 Å². The molecule has 0 radical (unpaired) electrons. The number of halogens is 1. The number of hydrogen-bond acceptors (Lipinski definition) is 4. The highest BCUT2D eigenvalue weighted by atomic mass is 79.9. The number of benzene rings is 1. The predicted octanol–water partition coefficient (Wildman–Crippen LogP) is 2.88. The molecule has 24 heavy (non-hydrogen) atoms. The van der Waals surface area contributed by atoms with Crippen LogP contribution in [0, 0.1) is 0 Å². The maximum atomic E-state index is 12.4. The van der Waals surface area contributed by atoms with Crippen molar-refractivity contribution in [1.29, 1.82) is 0 Å². The van der Waals surface area contributed by atoms with E-state index in [4.69, 9.17) is 9.15 Å². The van der Waals surface area contributed by atoms with Gasteiger partial charge in [0, 0.05) is 10.0 Å². The normalized spacial score (nSPS) is 13.0. The molecule has 1 aromatic carbocycles. The molecule has 1 N–H and O–H groups in total. The van der Waals surface area contributed by atoms with E-state index < -0.39 is 6.10 Å². The molecule has 0 aliphatic carbocycles. The molecule has 6 heteroatoms. The number of furan rings is 1. The van der Waals surface area contributed by atoms with Crippen LogP contribution >= 0.6 is 15.9 Å². The Labute approximate surface area is 150 Å². The second-order valence-electron chi connectivity index (χ2n) is 6.45. The van der Waals surface area contributed by atoms with Crippen LogP contribution in [0.5, 0.6) is 0 Å². The molecule has 0 spiro atoms.